The van der Waals surface area contributed by atoms with Crippen molar-refractivity contribution < 1.29 is 5.21 Å². The monoisotopic (exact) mass is 200 g/mol. The van der Waals surface area contributed by atoms with Crippen molar-refractivity contribution in [2.75, 3.05) is 5.75 Å². The number of nitrogens with two attached hydrogens (primary N) is 1. The van der Waals surface area contributed by atoms with Crippen LogP contribution in [0.15, 0.2) is 22.7 Å². The molecule has 1 aromatic rings. The second kappa shape index (κ2) is 5.47. The number of nitrogens with one attached hydrogen (secondary N) is 1. The molecule has 0 atom stereocenters. The molecule has 0 aliphatic rings. The Morgan fingerprint density at radius 2 is 2.62 bits per heavy atom. The number of oxime groups is 1. The summed E-state index contributed by atoms with van der Waals surface area (Å²) < 4.78 is 0. The third-order valence-corrected chi connectivity index (χ3v) is 2.41. The van der Waals surface area contributed by atoms with Gasteiger partial charge in [-0.15, -0.1) is 0 Å². The van der Waals surface area contributed by atoms with E-state index in [1.165, 1.54) is 0 Å². The van der Waals surface area contributed by atoms with Crippen molar-refractivity contribution in [3.63, 3.8) is 0 Å². The molecule has 0 saturated heterocycles. The smallest absolute Gasteiger partial charge is 0.165 e. The van der Waals surface area contributed by atoms with Crippen molar-refractivity contribution >= 4 is 17.6 Å². The number of amidine groups is 1. The Bertz CT molecular complexity index is 259. The zero-order valence-electron chi connectivity index (χ0n) is 7.10. The van der Waals surface area contributed by atoms with E-state index in [1.54, 1.807) is 24.2 Å². The van der Waals surface area contributed by atoms with Gasteiger partial charge in [-0.25, -0.2) is 4.98 Å². The van der Waals surface area contributed by atoms with Crippen LogP contribution in [0.3, 0.4) is 0 Å². The largest absolute Gasteiger partial charge is 0.409 e. The summed E-state index contributed by atoms with van der Waals surface area (Å²) in [6.45, 7) is 0. The number of hydrogen-bond acceptors (Lipinski definition) is 4. The van der Waals surface area contributed by atoms with Crippen LogP contribution in [0, 0.1) is 0 Å². The molecule has 0 saturated carbocycles. The molecule has 0 radical (unpaired) electrons. The highest BCUT2D eigenvalue weighted by Gasteiger charge is 1.97. The maximum absolute atomic E-state index is 8.26. The standard InChI is InChI=1S/C7H12N4OS/c8-6(11-12)2-1-5-13-7-9-3-4-10-7/h3-4,12H,1-2,5H2,(H2,8,11)(H,9,10). The summed E-state index contributed by atoms with van der Waals surface area (Å²) >= 11 is 1.62. The van der Waals surface area contributed by atoms with Gasteiger partial charge in [-0.05, 0) is 6.42 Å². The fraction of sp³-hybridized carbons (Fsp3) is 0.429. The summed E-state index contributed by atoms with van der Waals surface area (Å²) in [5, 5.41) is 12.0. The van der Waals surface area contributed by atoms with Crippen LogP contribution in [0.1, 0.15) is 12.8 Å². The Morgan fingerprint density at radius 3 is 3.23 bits per heavy atom. The Hall–Kier alpha value is -1.17. The average Bonchev–Trinajstić information content (AvgIpc) is 2.64. The number of rotatable bonds is 5. The van der Waals surface area contributed by atoms with E-state index in [2.05, 4.69) is 15.1 Å². The molecule has 1 aromatic heterocycles. The maximum Gasteiger partial charge on any atom is 0.165 e. The van der Waals surface area contributed by atoms with Crippen LogP contribution >= 0.6 is 11.8 Å². The lowest BCUT2D eigenvalue weighted by Crippen LogP contribution is -2.11. The van der Waals surface area contributed by atoms with Crippen LogP contribution < -0.4 is 5.73 Å². The number of H-pyrrole nitrogens is 1. The minimum atomic E-state index is 0.278. The topological polar surface area (TPSA) is 87.3 Å². The van der Waals surface area contributed by atoms with Gasteiger partial charge in [0.05, 0.1) is 0 Å². The molecule has 5 nitrogen and oxygen atoms in total. The Balaban J connectivity index is 2.08. The van der Waals surface area contributed by atoms with Gasteiger partial charge in [-0.2, -0.15) is 0 Å². The summed E-state index contributed by atoms with van der Waals surface area (Å²) in [6, 6.07) is 0. The molecule has 0 unspecified atom stereocenters. The highest BCUT2D eigenvalue weighted by molar-refractivity contribution is 7.99. The molecule has 1 rings (SSSR count). The van der Waals surface area contributed by atoms with E-state index in [0.29, 0.717) is 6.42 Å². The van der Waals surface area contributed by atoms with Gasteiger partial charge < -0.3 is 15.9 Å². The zero-order valence-corrected chi connectivity index (χ0v) is 7.92. The first-order valence-electron chi connectivity index (χ1n) is 3.91. The van der Waals surface area contributed by atoms with Gasteiger partial charge in [0.25, 0.3) is 0 Å². The van der Waals surface area contributed by atoms with Gasteiger partial charge in [-0.3, -0.25) is 0 Å². The molecule has 0 aromatic carbocycles. The van der Waals surface area contributed by atoms with Crippen molar-refractivity contribution in [3.8, 4) is 0 Å². The number of thioether (sulfide) groups is 1. The van der Waals surface area contributed by atoms with Crippen LogP contribution in [0.4, 0.5) is 0 Å². The predicted molar refractivity (Wildman–Crippen MR) is 52.0 cm³/mol. The molecule has 0 aliphatic carbocycles. The summed E-state index contributed by atoms with van der Waals surface area (Å²) in [4.78, 5) is 7.03. The first-order valence-corrected chi connectivity index (χ1v) is 4.90. The molecular weight excluding hydrogens is 188 g/mol. The number of hydrogen-bond donors (Lipinski definition) is 3. The third kappa shape index (κ3) is 3.84. The molecule has 0 aliphatic heterocycles. The Morgan fingerprint density at radius 1 is 1.77 bits per heavy atom. The maximum atomic E-state index is 8.26. The Labute approximate surface area is 80.4 Å². The van der Waals surface area contributed by atoms with Crippen molar-refractivity contribution in [1.82, 2.24) is 9.97 Å². The zero-order chi connectivity index (χ0) is 9.52. The Kier molecular flexibility index (Phi) is 4.17. The SMILES string of the molecule is N/C(CCCSc1ncc[nH]1)=N/O. The normalized spacial score (nSPS) is 11.8. The summed E-state index contributed by atoms with van der Waals surface area (Å²) in [6.07, 6.45) is 4.99. The first-order chi connectivity index (χ1) is 6.33. The first kappa shape index (κ1) is 9.91. The van der Waals surface area contributed by atoms with Crippen molar-refractivity contribution in [2.24, 2.45) is 10.9 Å². The molecule has 4 N–H and O–H groups in total. The lowest BCUT2D eigenvalue weighted by atomic mass is 10.3. The minimum Gasteiger partial charge on any atom is -0.409 e. The molecular formula is C7H12N4OS. The highest BCUT2D eigenvalue weighted by atomic mass is 32.2. The summed E-state index contributed by atoms with van der Waals surface area (Å²) in [5.41, 5.74) is 5.30. The molecule has 13 heavy (non-hydrogen) atoms. The van der Waals surface area contributed by atoms with Crippen LogP contribution in [0.2, 0.25) is 0 Å². The van der Waals surface area contributed by atoms with Crippen LogP contribution in [0.25, 0.3) is 0 Å². The number of nitrogens with zero attached hydrogens (tertiary/aromatic N) is 2. The molecule has 0 fully saturated rings. The lowest BCUT2D eigenvalue weighted by Gasteiger charge is -1.97. The molecule has 0 spiro atoms. The quantitative estimate of drug-likeness (QED) is 0.165. The fourth-order valence-electron chi connectivity index (χ4n) is 0.802. The van der Waals surface area contributed by atoms with Gasteiger partial charge in [0.1, 0.15) is 5.84 Å². The number of imidazole rings is 1. The average molecular weight is 200 g/mol. The number of aromatic amines is 1. The molecule has 72 valence electrons. The predicted octanol–water partition coefficient (Wildman–Crippen LogP) is 1.03. The van der Waals surface area contributed by atoms with Crippen molar-refractivity contribution in [2.45, 2.75) is 18.0 Å². The highest BCUT2D eigenvalue weighted by Crippen LogP contribution is 2.13. The second-order valence-electron chi connectivity index (χ2n) is 2.44. The van der Waals surface area contributed by atoms with E-state index in [0.717, 1.165) is 17.3 Å². The van der Waals surface area contributed by atoms with Gasteiger partial charge in [0, 0.05) is 24.6 Å². The van der Waals surface area contributed by atoms with Gasteiger partial charge in [-0.1, -0.05) is 16.9 Å². The summed E-state index contributed by atoms with van der Waals surface area (Å²) in [7, 11) is 0. The van der Waals surface area contributed by atoms with Crippen LogP contribution in [0.5, 0.6) is 0 Å². The van der Waals surface area contributed by atoms with E-state index in [9.17, 15) is 0 Å². The van der Waals surface area contributed by atoms with Crippen LogP contribution in [-0.4, -0.2) is 26.8 Å². The number of aromatic nitrogens is 2. The van der Waals surface area contributed by atoms with Gasteiger partial charge in [0.2, 0.25) is 0 Å². The van der Waals surface area contributed by atoms with E-state index in [-0.39, 0.29) is 5.84 Å². The second-order valence-corrected chi connectivity index (χ2v) is 3.52. The lowest BCUT2D eigenvalue weighted by molar-refractivity contribution is 0.317. The van der Waals surface area contributed by atoms with E-state index in [4.69, 9.17) is 10.9 Å². The fourth-order valence-corrected chi connectivity index (χ4v) is 1.57. The summed E-state index contributed by atoms with van der Waals surface area (Å²) in [5.74, 6) is 1.18. The van der Waals surface area contributed by atoms with E-state index < -0.39 is 0 Å². The van der Waals surface area contributed by atoms with E-state index >= 15 is 0 Å². The molecule has 0 bridgehead atoms. The molecule has 0 amide bonds. The van der Waals surface area contributed by atoms with Crippen molar-refractivity contribution in [3.05, 3.63) is 12.4 Å². The van der Waals surface area contributed by atoms with Gasteiger partial charge in [0.15, 0.2) is 5.16 Å². The third-order valence-electron chi connectivity index (χ3n) is 1.42. The minimum absolute atomic E-state index is 0.278. The van der Waals surface area contributed by atoms with Crippen LogP contribution in [-0.2, 0) is 0 Å². The molecule has 6 heteroatoms. The van der Waals surface area contributed by atoms with Gasteiger partial charge >= 0.3 is 0 Å². The van der Waals surface area contributed by atoms with Crippen molar-refractivity contribution in [1.29, 1.82) is 0 Å². The molecule has 1 heterocycles. The van der Waals surface area contributed by atoms with E-state index in [1.807, 2.05) is 0 Å².